The van der Waals surface area contributed by atoms with Crippen LogP contribution in [0.1, 0.15) is 30.9 Å². The highest BCUT2D eigenvalue weighted by atomic mass is 16.2. The fourth-order valence-corrected chi connectivity index (χ4v) is 3.76. The number of nitrogens with zero attached hydrogens (tertiary/aromatic N) is 1. The first-order chi connectivity index (χ1) is 15.5. The highest BCUT2D eigenvalue weighted by Gasteiger charge is 2.28. The predicted molar refractivity (Wildman–Crippen MR) is 131 cm³/mol. The highest BCUT2D eigenvalue weighted by Crippen LogP contribution is 2.38. The van der Waals surface area contributed by atoms with Crippen molar-refractivity contribution in [2.24, 2.45) is 0 Å². The normalized spacial score (nSPS) is 13.9. The minimum absolute atomic E-state index is 0.0807. The zero-order valence-corrected chi connectivity index (χ0v) is 18.2. The zero-order chi connectivity index (χ0) is 22.7. The minimum Gasteiger partial charge on any atom is -0.399 e. The van der Waals surface area contributed by atoms with Crippen LogP contribution >= 0.6 is 0 Å². The van der Waals surface area contributed by atoms with Crippen molar-refractivity contribution >= 4 is 45.8 Å². The van der Waals surface area contributed by atoms with E-state index in [1.54, 1.807) is 18.0 Å². The lowest BCUT2D eigenvalue weighted by Crippen LogP contribution is -2.25. The standard InChI is InChI=1S/C26H26N4O2/c1-3-7-23(31)30(2)20-13-11-19(12-14-20)28-25(17-8-5-4-6-9-17)24-21-16-18(27)10-15-22(21)29-26(24)32/h4-6,8-16,28H,3,7,27H2,1-2H3,(H,29,32). The predicted octanol–water partition coefficient (Wildman–Crippen LogP) is 4.96. The summed E-state index contributed by atoms with van der Waals surface area (Å²) in [6.07, 6.45) is 1.32. The molecule has 6 nitrogen and oxygen atoms in total. The second-order valence-corrected chi connectivity index (χ2v) is 7.75. The number of anilines is 4. The van der Waals surface area contributed by atoms with Crippen LogP contribution in [0.15, 0.2) is 72.8 Å². The number of nitrogens with one attached hydrogen (secondary N) is 2. The number of fused-ring (bicyclic) bond motifs is 1. The molecule has 1 aliphatic rings. The molecule has 0 aliphatic carbocycles. The van der Waals surface area contributed by atoms with Crippen molar-refractivity contribution in [1.29, 1.82) is 0 Å². The molecule has 32 heavy (non-hydrogen) atoms. The van der Waals surface area contributed by atoms with Gasteiger partial charge in [0.1, 0.15) is 0 Å². The first-order valence-corrected chi connectivity index (χ1v) is 10.6. The quantitative estimate of drug-likeness (QED) is 0.384. The molecule has 162 valence electrons. The van der Waals surface area contributed by atoms with Gasteiger partial charge in [0.05, 0.1) is 11.3 Å². The van der Waals surface area contributed by atoms with Crippen LogP contribution in [-0.4, -0.2) is 18.9 Å². The lowest BCUT2D eigenvalue weighted by molar-refractivity contribution is -0.118. The number of benzene rings is 3. The zero-order valence-electron chi connectivity index (χ0n) is 18.2. The largest absolute Gasteiger partial charge is 0.399 e. The van der Waals surface area contributed by atoms with Crippen molar-refractivity contribution < 1.29 is 9.59 Å². The van der Waals surface area contributed by atoms with Crippen molar-refractivity contribution in [3.63, 3.8) is 0 Å². The van der Waals surface area contributed by atoms with E-state index in [4.69, 9.17) is 5.73 Å². The van der Waals surface area contributed by atoms with Gasteiger partial charge < -0.3 is 21.3 Å². The van der Waals surface area contributed by atoms with E-state index >= 15 is 0 Å². The van der Waals surface area contributed by atoms with E-state index in [-0.39, 0.29) is 11.8 Å². The summed E-state index contributed by atoms with van der Waals surface area (Å²) < 4.78 is 0. The maximum absolute atomic E-state index is 12.9. The smallest absolute Gasteiger partial charge is 0.258 e. The maximum Gasteiger partial charge on any atom is 0.258 e. The molecule has 4 rings (SSSR count). The summed E-state index contributed by atoms with van der Waals surface area (Å²) in [6.45, 7) is 1.99. The molecule has 3 aromatic rings. The average Bonchev–Trinajstić information content (AvgIpc) is 3.13. The maximum atomic E-state index is 12.9. The van der Waals surface area contributed by atoms with Crippen LogP contribution < -0.4 is 21.3 Å². The first-order valence-electron chi connectivity index (χ1n) is 10.6. The third kappa shape index (κ3) is 4.21. The SMILES string of the molecule is CCCC(=O)N(C)c1ccc(NC(=C2C(=O)Nc3ccc(N)cc32)c2ccccc2)cc1. The van der Waals surface area contributed by atoms with Gasteiger partial charge in [-0.3, -0.25) is 9.59 Å². The Morgan fingerprint density at radius 1 is 1.03 bits per heavy atom. The van der Waals surface area contributed by atoms with Crippen LogP contribution in [0.5, 0.6) is 0 Å². The van der Waals surface area contributed by atoms with Crippen molar-refractivity contribution in [3.8, 4) is 0 Å². The van der Waals surface area contributed by atoms with E-state index < -0.39 is 0 Å². The number of nitrogen functional groups attached to an aromatic ring is 1. The third-order valence-corrected chi connectivity index (χ3v) is 5.46. The number of amides is 2. The van der Waals surface area contributed by atoms with Crippen LogP contribution in [0.3, 0.4) is 0 Å². The van der Waals surface area contributed by atoms with Gasteiger partial charge in [-0.25, -0.2) is 0 Å². The molecule has 2 amide bonds. The molecule has 0 saturated carbocycles. The van der Waals surface area contributed by atoms with E-state index in [1.807, 2.05) is 73.7 Å². The Morgan fingerprint density at radius 2 is 1.75 bits per heavy atom. The van der Waals surface area contributed by atoms with E-state index in [0.717, 1.165) is 34.6 Å². The number of rotatable bonds is 6. The monoisotopic (exact) mass is 426 g/mol. The Balaban J connectivity index is 1.73. The van der Waals surface area contributed by atoms with Crippen molar-refractivity contribution in [2.45, 2.75) is 19.8 Å². The van der Waals surface area contributed by atoms with Crippen molar-refractivity contribution in [1.82, 2.24) is 0 Å². The summed E-state index contributed by atoms with van der Waals surface area (Å²) >= 11 is 0. The fourth-order valence-electron chi connectivity index (χ4n) is 3.76. The number of hydrogen-bond donors (Lipinski definition) is 3. The van der Waals surface area contributed by atoms with Gasteiger partial charge in [0.15, 0.2) is 0 Å². The summed E-state index contributed by atoms with van der Waals surface area (Å²) in [4.78, 5) is 26.8. The number of nitrogens with two attached hydrogens (primary N) is 1. The Morgan fingerprint density at radius 3 is 2.44 bits per heavy atom. The molecule has 0 radical (unpaired) electrons. The van der Waals surface area contributed by atoms with Crippen LogP contribution in [-0.2, 0) is 9.59 Å². The van der Waals surface area contributed by atoms with Crippen LogP contribution in [0.4, 0.5) is 22.7 Å². The number of carbonyl (C=O) groups is 2. The summed E-state index contributed by atoms with van der Waals surface area (Å²) in [5.74, 6) is -0.101. The molecule has 3 aromatic carbocycles. The second-order valence-electron chi connectivity index (χ2n) is 7.75. The van der Waals surface area contributed by atoms with Crippen LogP contribution in [0.2, 0.25) is 0 Å². The number of hydrogen-bond acceptors (Lipinski definition) is 4. The summed E-state index contributed by atoms with van der Waals surface area (Å²) in [5.41, 5.74) is 11.8. The van der Waals surface area contributed by atoms with Gasteiger partial charge in [-0.1, -0.05) is 37.3 Å². The lowest BCUT2D eigenvalue weighted by atomic mass is 9.99. The Kier molecular flexibility index (Phi) is 5.94. The second kappa shape index (κ2) is 8.98. The molecule has 0 atom stereocenters. The van der Waals surface area contributed by atoms with Gasteiger partial charge in [0.25, 0.3) is 5.91 Å². The molecular weight excluding hydrogens is 400 g/mol. The summed E-state index contributed by atoms with van der Waals surface area (Å²) in [6, 6.07) is 22.7. The summed E-state index contributed by atoms with van der Waals surface area (Å²) in [7, 11) is 1.78. The van der Waals surface area contributed by atoms with Crippen LogP contribution in [0, 0.1) is 0 Å². The molecule has 1 heterocycles. The molecular formula is C26H26N4O2. The summed E-state index contributed by atoms with van der Waals surface area (Å²) in [5, 5.41) is 6.35. The van der Waals surface area contributed by atoms with Gasteiger partial charge in [-0.2, -0.15) is 0 Å². The molecule has 1 aliphatic heterocycles. The van der Waals surface area contributed by atoms with Crippen molar-refractivity contribution in [3.05, 3.63) is 83.9 Å². The molecule has 4 N–H and O–H groups in total. The molecule has 0 bridgehead atoms. The van der Waals surface area contributed by atoms with Crippen molar-refractivity contribution in [2.75, 3.05) is 28.3 Å². The van der Waals surface area contributed by atoms with Gasteiger partial charge in [-0.15, -0.1) is 0 Å². The van der Waals surface area contributed by atoms with E-state index in [0.29, 0.717) is 23.4 Å². The molecule has 0 saturated heterocycles. The van der Waals surface area contributed by atoms with Gasteiger partial charge >= 0.3 is 0 Å². The molecule has 0 aromatic heterocycles. The first kappa shape index (κ1) is 21.2. The van der Waals surface area contributed by atoms with Crippen LogP contribution in [0.25, 0.3) is 11.3 Å². The van der Waals surface area contributed by atoms with E-state index in [9.17, 15) is 9.59 Å². The topological polar surface area (TPSA) is 87.5 Å². The molecule has 0 unspecified atom stereocenters. The highest BCUT2D eigenvalue weighted by molar-refractivity contribution is 6.37. The average molecular weight is 427 g/mol. The van der Waals surface area contributed by atoms with E-state index in [2.05, 4.69) is 10.6 Å². The van der Waals surface area contributed by atoms with E-state index in [1.165, 1.54) is 0 Å². The minimum atomic E-state index is -0.182. The Hall–Kier alpha value is -4.06. The Labute approximate surface area is 187 Å². The Bertz CT molecular complexity index is 1180. The fraction of sp³-hybridized carbons (Fsp3) is 0.154. The number of carbonyl (C=O) groups excluding carboxylic acids is 2. The third-order valence-electron chi connectivity index (χ3n) is 5.46. The van der Waals surface area contributed by atoms with Gasteiger partial charge in [-0.05, 0) is 54.4 Å². The molecule has 6 heteroatoms. The van der Waals surface area contributed by atoms with Gasteiger partial charge in [0.2, 0.25) is 5.91 Å². The lowest BCUT2D eigenvalue weighted by Gasteiger charge is -2.19. The molecule has 0 fully saturated rings. The molecule has 0 spiro atoms. The van der Waals surface area contributed by atoms with Gasteiger partial charge in [0, 0.05) is 41.8 Å².